The molecule has 0 aromatic heterocycles. The van der Waals surface area contributed by atoms with Crippen molar-refractivity contribution in [1.29, 1.82) is 0 Å². The lowest BCUT2D eigenvalue weighted by molar-refractivity contribution is -0.129. The molecule has 2 atom stereocenters. The van der Waals surface area contributed by atoms with Crippen molar-refractivity contribution < 1.29 is 13.9 Å². The van der Waals surface area contributed by atoms with Crippen LogP contribution in [0.3, 0.4) is 0 Å². The predicted molar refractivity (Wildman–Crippen MR) is 82.4 cm³/mol. The van der Waals surface area contributed by atoms with Crippen LogP contribution in [0.15, 0.2) is 18.2 Å². The summed E-state index contributed by atoms with van der Waals surface area (Å²) in [6.45, 7) is 5.34. The number of benzene rings is 1. The van der Waals surface area contributed by atoms with E-state index >= 15 is 0 Å². The number of ether oxygens (including phenoxy) is 1. The molecule has 118 valence electrons. The van der Waals surface area contributed by atoms with Gasteiger partial charge in [0.2, 0.25) is 5.91 Å². The zero-order valence-corrected chi connectivity index (χ0v) is 13.3. The number of nitrogens with one attached hydrogen (secondary N) is 2. The minimum absolute atomic E-state index is 0. The van der Waals surface area contributed by atoms with Crippen molar-refractivity contribution in [3.05, 3.63) is 29.6 Å². The van der Waals surface area contributed by atoms with Gasteiger partial charge >= 0.3 is 0 Å². The van der Waals surface area contributed by atoms with Gasteiger partial charge in [0.05, 0.1) is 18.6 Å². The van der Waals surface area contributed by atoms with E-state index in [1.165, 1.54) is 13.2 Å². The third-order valence-corrected chi connectivity index (χ3v) is 3.94. The van der Waals surface area contributed by atoms with E-state index in [1.54, 1.807) is 12.1 Å². The molecular formula is C15H22ClFN2O2. The maximum Gasteiger partial charge on any atom is 0.227 e. The lowest BCUT2D eigenvalue weighted by Crippen LogP contribution is -2.41. The average Bonchev–Trinajstić information content (AvgIpc) is 2.87. The highest BCUT2D eigenvalue weighted by Gasteiger charge is 2.36. The second kappa shape index (κ2) is 7.09. The molecule has 2 rings (SSSR count). The van der Waals surface area contributed by atoms with Crippen LogP contribution in [0, 0.1) is 11.2 Å². The van der Waals surface area contributed by atoms with Gasteiger partial charge in [-0.05, 0) is 44.5 Å². The summed E-state index contributed by atoms with van der Waals surface area (Å²) in [6, 6.07) is 4.51. The van der Waals surface area contributed by atoms with Gasteiger partial charge < -0.3 is 15.4 Å². The van der Waals surface area contributed by atoms with Crippen molar-refractivity contribution in [3.8, 4) is 5.75 Å². The van der Waals surface area contributed by atoms with Gasteiger partial charge in [-0.1, -0.05) is 6.07 Å². The first-order valence-electron chi connectivity index (χ1n) is 6.81. The van der Waals surface area contributed by atoms with Gasteiger partial charge in [-0.15, -0.1) is 12.4 Å². The highest BCUT2D eigenvalue weighted by Crippen LogP contribution is 2.27. The summed E-state index contributed by atoms with van der Waals surface area (Å²) in [6.07, 6.45) is 0.822. The Balaban J connectivity index is 0.00000220. The second-order valence-electron chi connectivity index (χ2n) is 5.58. The van der Waals surface area contributed by atoms with Crippen LogP contribution in [-0.4, -0.2) is 26.1 Å². The van der Waals surface area contributed by atoms with Crippen molar-refractivity contribution in [2.24, 2.45) is 5.41 Å². The van der Waals surface area contributed by atoms with Crippen LogP contribution in [0.25, 0.3) is 0 Å². The first-order chi connectivity index (χ1) is 9.46. The van der Waals surface area contributed by atoms with E-state index in [0.717, 1.165) is 18.5 Å². The Morgan fingerprint density at radius 2 is 2.24 bits per heavy atom. The molecule has 21 heavy (non-hydrogen) atoms. The Morgan fingerprint density at radius 1 is 1.52 bits per heavy atom. The van der Waals surface area contributed by atoms with Crippen molar-refractivity contribution in [1.82, 2.24) is 10.6 Å². The third-order valence-electron chi connectivity index (χ3n) is 3.94. The average molecular weight is 317 g/mol. The van der Waals surface area contributed by atoms with Gasteiger partial charge in [-0.25, -0.2) is 4.39 Å². The molecule has 4 nitrogen and oxygen atoms in total. The molecule has 1 aromatic carbocycles. The molecule has 1 saturated heterocycles. The van der Waals surface area contributed by atoms with Crippen LogP contribution >= 0.6 is 12.4 Å². The normalized spacial score (nSPS) is 22.3. The highest BCUT2D eigenvalue weighted by molar-refractivity contribution is 5.85. The zero-order valence-electron chi connectivity index (χ0n) is 12.5. The van der Waals surface area contributed by atoms with E-state index in [-0.39, 0.29) is 35.5 Å². The minimum atomic E-state index is -0.417. The number of carbonyl (C=O) groups is 1. The maximum absolute atomic E-state index is 13.7. The topological polar surface area (TPSA) is 50.4 Å². The van der Waals surface area contributed by atoms with Crippen LogP contribution < -0.4 is 15.4 Å². The summed E-state index contributed by atoms with van der Waals surface area (Å²) in [7, 11) is 1.43. The lowest BCUT2D eigenvalue weighted by atomic mass is 9.88. The molecule has 1 aliphatic heterocycles. The van der Waals surface area contributed by atoms with E-state index < -0.39 is 5.82 Å². The monoisotopic (exact) mass is 316 g/mol. The van der Waals surface area contributed by atoms with Crippen molar-refractivity contribution in [3.63, 3.8) is 0 Å². The number of hydrogen-bond donors (Lipinski definition) is 2. The third kappa shape index (κ3) is 3.86. The fourth-order valence-corrected chi connectivity index (χ4v) is 2.42. The van der Waals surface area contributed by atoms with Crippen LogP contribution in [-0.2, 0) is 4.79 Å². The molecule has 1 aliphatic rings. The largest absolute Gasteiger partial charge is 0.494 e. The lowest BCUT2D eigenvalue weighted by Gasteiger charge is -2.24. The summed E-state index contributed by atoms with van der Waals surface area (Å²) in [4.78, 5) is 12.3. The summed E-state index contributed by atoms with van der Waals surface area (Å²) in [5.41, 5.74) is 0.352. The van der Waals surface area contributed by atoms with Gasteiger partial charge in [0.25, 0.3) is 0 Å². The quantitative estimate of drug-likeness (QED) is 0.897. The number of amides is 1. The molecule has 0 spiro atoms. The summed E-state index contributed by atoms with van der Waals surface area (Å²) in [5.74, 6) is -0.203. The molecule has 1 fully saturated rings. The van der Waals surface area contributed by atoms with E-state index in [4.69, 9.17) is 4.74 Å². The highest BCUT2D eigenvalue weighted by atomic mass is 35.5. The number of carbonyl (C=O) groups excluding carboxylic acids is 1. The predicted octanol–water partition coefficient (Wildman–Crippen LogP) is 2.43. The second-order valence-corrected chi connectivity index (χ2v) is 5.58. The number of rotatable bonds is 4. The standard InChI is InChI=1S/C15H21FN2O2.ClH/c1-10(11-4-5-13(20-3)12(16)8-11)18-14(19)15(2)6-7-17-9-15;/h4-5,8,10,17H,6-7,9H2,1-3H3,(H,18,19);1H. The Hall–Kier alpha value is -1.33. The van der Waals surface area contributed by atoms with Crippen molar-refractivity contribution in [2.45, 2.75) is 26.3 Å². The smallest absolute Gasteiger partial charge is 0.227 e. The van der Waals surface area contributed by atoms with Crippen molar-refractivity contribution in [2.75, 3.05) is 20.2 Å². The molecule has 2 N–H and O–H groups in total. The Morgan fingerprint density at radius 3 is 2.76 bits per heavy atom. The number of methoxy groups -OCH3 is 1. The van der Waals surface area contributed by atoms with Gasteiger partial charge in [0.1, 0.15) is 0 Å². The molecular weight excluding hydrogens is 295 g/mol. The van der Waals surface area contributed by atoms with Gasteiger partial charge in [-0.3, -0.25) is 4.79 Å². The fraction of sp³-hybridized carbons (Fsp3) is 0.533. The van der Waals surface area contributed by atoms with Crippen LogP contribution in [0.4, 0.5) is 4.39 Å². The summed E-state index contributed by atoms with van der Waals surface area (Å²) < 4.78 is 18.6. The Bertz CT molecular complexity index is 504. The Labute approximate surface area is 130 Å². The molecule has 6 heteroatoms. The van der Waals surface area contributed by atoms with Crippen LogP contribution in [0.1, 0.15) is 31.9 Å². The number of hydrogen-bond acceptors (Lipinski definition) is 3. The van der Waals surface area contributed by atoms with E-state index in [1.807, 2.05) is 13.8 Å². The van der Waals surface area contributed by atoms with Crippen LogP contribution in [0.2, 0.25) is 0 Å². The molecule has 0 bridgehead atoms. The van der Waals surface area contributed by atoms with E-state index in [9.17, 15) is 9.18 Å². The van der Waals surface area contributed by atoms with E-state index in [2.05, 4.69) is 10.6 Å². The minimum Gasteiger partial charge on any atom is -0.494 e. The van der Waals surface area contributed by atoms with Crippen LogP contribution in [0.5, 0.6) is 5.75 Å². The maximum atomic E-state index is 13.7. The first kappa shape index (κ1) is 17.7. The molecule has 0 aliphatic carbocycles. The number of halogens is 2. The molecule has 2 unspecified atom stereocenters. The van der Waals surface area contributed by atoms with Crippen molar-refractivity contribution >= 4 is 18.3 Å². The van der Waals surface area contributed by atoms with Gasteiger partial charge in [0, 0.05) is 6.54 Å². The Kier molecular flexibility index (Phi) is 5.98. The van der Waals surface area contributed by atoms with E-state index in [0.29, 0.717) is 6.54 Å². The first-order valence-corrected chi connectivity index (χ1v) is 6.81. The molecule has 0 saturated carbocycles. The fourth-order valence-electron chi connectivity index (χ4n) is 2.42. The summed E-state index contributed by atoms with van der Waals surface area (Å²) in [5, 5.41) is 6.15. The molecule has 0 radical (unpaired) electrons. The summed E-state index contributed by atoms with van der Waals surface area (Å²) >= 11 is 0. The molecule has 1 heterocycles. The molecule has 1 aromatic rings. The van der Waals surface area contributed by atoms with Gasteiger partial charge in [0.15, 0.2) is 11.6 Å². The zero-order chi connectivity index (χ0) is 14.8. The SMILES string of the molecule is COc1ccc(C(C)NC(=O)C2(C)CCNC2)cc1F.Cl. The van der Waals surface area contributed by atoms with Gasteiger partial charge in [-0.2, -0.15) is 0 Å². The molecule has 1 amide bonds.